The second-order valence-electron chi connectivity index (χ2n) is 2.36. The Morgan fingerprint density at radius 2 is 2.36 bits per heavy atom. The minimum absolute atomic E-state index is 0.309. The molecule has 11 heavy (non-hydrogen) atoms. The lowest BCUT2D eigenvalue weighted by atomic mass is 10.2. The average molecular weight is 157 g/mol. The Morgan fingerprint density at radius 1 is 1.64 bits per heavy atom. The molecule has 0 fully saturated rings. The van der Waals surface area contributed by atoms with Gasteiger partial charge in [0.1, 0.15) is 6.26 Å². The quantitative estimate of drug-likeness (QED) is 0.570. The van der Waals surface area contributed by atoms with Gasteiger partial charge in [0.15, 0.2) is 12.0 Å². The van der Waals surface area contributed by atoms with Gasteiger partial charge in [0.25, 0.3) is 0 Å². The van der Waals surface area contributed by atoms with Crippen molar-refractivity contribution < 1.29 is 14.9 Å². The Balaban J connectivity index is 2.60. The molecule has 4 heteroatoms. The molecule has 1 aliphatic heterocycles. The molecule has 0 aromatic carbocycles. The maximum atomic E-state index is 11.0. The number of nitrogens with one attached hydrogen (secondary N) is 1. The molecule has 1 heterocycles. The molecule has 1 unspecified atom stereocenters. The van der Waals surface area contributed by atoms with Crippen LogP contribution < -0.4 is 5.06 Å². The third-order valence-corrected chi connectivity index (χ3v) is 1.43. The van der Waals surface area contributed by atoms with Gasteiger partial charge in [0, 0.05) is 6.42 Å². The van der Waals surface area contributed by atoms with Crippen LogP contribution in [0.2, 0.25) is 0 Å². The van der Waals surface area contributed by atoms with Crippen molar-refractivity contribution in [3.05, 3.63) is 29.3 Å². The van der Waals surface area contributed by atoms with Crippen molar-refractivity contribution in [2.45, 2.75) is 19.8 Å². The van der Waals surface area contributed by atoms with Crippen LogP contribution in [-0.4, -0.2) is 5.11 Å². The Kier molecular flexibility index (Phi) is 2.51. The van der Waals surface area contributed by atoms with Crippen molar-refractivity contribution in [3.8, 4) is 0 Å². The third-order valence-electron chi connectivity index (χ3n) is 1.43. The number of allylic oxidation sites excluding steroid dienone is 1. The van der Waals surface area contributed by atoms with Gasteiger partial charge in [-0.05, 0) is 6.42 Å². The molecule has 2 N–H and O–H groups in total. The highest BCUT2D eigenvalue weighted by Gasteiger charge is 2.15. The van der Waals surface area contributed by atoms with Crippen molar-refractivity contribution in [2.75, 3.05) is 0 Å². The first-order valence-electron chi connectivity index (χ1n) is 3.54. The minimum Gasteiger partial charge on any atom is -0.621 e. The molecule has 1 aliphatic rings. The summed E-state index contributed by atoms with van der Waals surface area (Å²) in [5.41, 5.74) is 0.535. The summed E-state index contributed by atoms with van der Waals surface area (Å²) in [6.45, 7) is 1.96. The van der Waals surface area contributed by atoms with Crippen LogP contribution in [0.3, 0.4) is 0 Å². The maximum absolute atomic E-state index is 11.0. The zero-order valence-electron chi connectivity index (χ0n) is 6.33. The lowest BCUT2D eigenvalue weighted by Gasteiger charge is -2.23. The van der Waals surface area contributed by atoms with Gasteiger partial charge >= 0.3 is 5.88 Å². The van der Waals surface area contributed by atoms with Crippen molar-refractivity contribution >= 4 is 0 Å². The average Bonchev–Trinajstić information content (AvgIpc) is 1.99. The van der Waals surface area contributed by atoms with Crippen LogP contribution in [-0.2, 0) is 4.74 Å². The summed E-state index contributed by atoms with van der Waals surface area (Å²) in [5.74, 6) is -0.309. The molecular weight excluding hydrogens is 146 g/mol. The fourth-order valence-corrected chi connectivity index (χ4v) is 0.894. The lowest BCUT2D eigenvalue weighted by molar-refractivity contribution is -0.786. The van der Waals surface area contributed by atoms with E-state index in [-0.39, 0.29) is 10.9 Å². The van der Waals surface area contributed by atoms with Gasteiger partial charge in [-0.25, -0.2) is 0 Å². The summed E-state index contributed by atoms with van der Waals surface area (Å²) < 4.78 is 4.72. The summed E-state index contributed by atoms with van der Waals surface area (Å²) >= 11 is 0. The van der Waals surface area contributed by atoms with Crippen LogP contribution in [0.25, 0.3) is 0 Å². The number of hydrogen-bond donors (Lipinski definition) is 2. The predicted octanol–water partition coefficient (Wildman–Crippen LogP) is 0.398. The summed E-state index contributed by atoms with van der Waals surface area (Å²) in [6.07, 6.45) is 3.94. The highest BCUT2D eigenvalue weighted by atomic mass is 16.6. The first-order valence-corrected chi connectivity index (χ1v) is 3.54. The van der Waals surface area contributed by atoms with Gasteiger partial charge in [-0.15, -0.1) is 0 Å². The number of aliphatic hydroxyl groups is 1. The summed E-state index contributed by atoms with van der Waals surface area (Å²) in [4.78, 5) is 0. The van der Waals surface area contributed by atoms with Gasteiger partial charge < -0.3 is 15.1 Å². The van der Waals surface area contributed by atoms with Gasteiger partial charge in [0.2, 0.25) is 0 Å². The lowest BCUT2D eigenvalue weighted by Crippen LogP contribution is -3.03. The maximum Gasteiger partial charge on any atom is 0.328 e. The molecule has 62 valence electrons. The standard InChI is InChI=1S/C7H11NO3/c1-2-3-6-4-11-5-7(9)8(6)10/h4-5,8-9H,2-3H2,1H3. The number of hydroxylamine groups is 2. The van der Waals surface area contributed by atoms with Gasteiger partial charge in [-0.3, -0.25) is 5.06 Å². The van der Waals surface area contributed by atoms with E-state index in [9.17, 15) is 5.21 Å². The molecule has 0 radical (unpaired) electrons. The van der Waals surface area contributed by atoms with Crippen molar-refractivity contribution in [1.29, 1.82) is 0 Å². The molecule has 1 atom stereocenters. The van der Waals surface area contributed by atoms with Crippen LogP contribution in [0.15, 0.2) is 24.1 Å². The van der Waals surface area contributed by atoms with Crippen molar-refractivity contribution in [1.82, 2.24) is 0 Å². The van der Waals surface area contributed by atoms with E-state index in [1.807, 2.05) is 6.92 Å². The molecule has 0 aromatic rings. The number of rotatable bonds is 2. The normalized spacial score (nSPS) is 23.6. The van der Waals surface area contributed by atoms with Gasteiger partial charge in [-0.2, -0.15) is 0 Å². The van der Waals surface area contributed by atoms with Crippen LogP contribution in [0.1, 0.15) is 19.8 Å². The van der Waals surface area contributed by atoms with Crippen molar-refractivity contribution in [3.63, 3.8) is 0 Å². The molecule has 0 aromatic heterocycles. The third kappa shape index (κ3) is 1.72. The number of ether oxygens (including phenoxy) is 1. The summed E-state index contributed by atoms with van der Waals surface area (Å²) in [5, 5.41) is 19.6. The van der Waals surface area contributed by atoms with E-state index in [0.717, 1.165) is 12.7 Å². The Bertz CT molecular complexity index is 198. The molecule has 0 aliphatic carbocycles. The predicted molar refractivity (Wildman–Crippen MR) is 39.1 cm³/mol. The molecule has 0 spiro atoms. The number of quaternary nitrogens is 1. The molecule has 0 bridgehead atoms. The molecule has 1 rings (SSSR count). The zero-order valence-corrected chi connectivity index (χ0v) is 6.33. The van der Waals surface area contributed by atoms with Gasteiger partial charge in [0.05, 0.1) is 0 Å². The number of hydrogen-bond acceptors (Lipinski definition) is 3. The largest absolute Gasteiger partial charge is 0.621 e. The summed E-state index contributed by atoms with van der Waals surface area (Å²) in [6, 6.07) is 0. The van der Waals surface area contributed by atoms with Crippen LogP contribution >= 0.6 is 0 Å². The highest BCUT2D eigenvalue weighted by Crippen LogP contribution is 2.02. The van der Waals surface area contributed by atoms with E-state index < -0.39 is 0 Å². The Labute approximate surface area is 65.0 Å². The summed E-state index contributed by atoms with van der Waals surface area (Å²) in [7, 11) is 0. The molecular formula is C7H11NO3. The Hall–Kier alpha value is -1.00. The van der Waals surface area contributed by atoms with E-state index in [0.29, 0.717) is 12.1 Å². The molecule has 4 nitrogen and oxygen atoms in total. The first kappa shape index (κ1) is 8.10. The fraction of sp³-hybridized carbons (Fsp3) is 0.429. The van der Waals surface area contributed by atoms with Crippen LogP contribution in [0.4, 0.5) is 0 Å². The monoisotopic (exact) mass is 157 g/mol. The van der Waals surface area contributed by atoms with E-state index in [1.165, 1.54) is 6.26 Å². The SMILES string of the molecule is CCCC1=COC=C(O)[NH+]1[O-]. The van der Waals surface area contributed by atoms with E-state index in [2.05, 4.69) is 0 Å². The van der Waals surface area contributed by atoms with Crippen molar-refractivity contribution in [2.24, 2.45) is 0 Å². The van der Waals surface area contributed by atoms with E-state index in [1.54, 1.807) is 0 Å². The highest BCUT2D eigenvalue weighted by molar-refractivity contribution is 4.94. The Morgan fingerprint density at radius 3 is 3.00 bits per heavy atom. The second-order valence-corrected chi connectivity index (χ2v) is 2.36. The topological polar surface area (TPSA) is 57.0 Å². The molecule has 0 saturated heterocycles. The second kappa shape index (κ2) is 3.41. The van der Waals surface area contributed by atoms with E-state index in [4.69, 9.17) is 9.84 Å². The zero-order chi connectivity index (χ0) is 8.27. The fourth-order valence-electron chi connectivity index (χ4n) is 0.894. The van der Waals surface area contributed by atoms with Crippen LogP contribution in [0.5, 0.6) is 0 Å². The van der Waals surface area contributed by atoms with Crippen LogP contribution in [0, 0.1) is 5.21 Å². The minimum atomic E-state index is -0.321. The van der Waals surface area contributed by atoms with E-state index >= 15 is 0 Å². The molecule has 0 amide bonds. The number of aliphatic hydroxyl groups excluding tert-OH is 1. The first-order chi connectivity index (χ1) is 5.25. The molecule has 0 saturated carbocycles. The smallest absolute Gasteiger partial charge is 0.328 e. The van der Waals surface area contributed by atoms with Gasteiger partial charge in [-0.1, -0.05) is 6.92 Å².